The molecule has 0 aromatic heterocycles. The fourth-order valence-corrected chi connectivity index (χ4v) is 1.30. The maximum atomic E-state index is 12.3. The van der Waals surface area contributed by atoms with Crippen molar-refractivity contribution in [3.8, 4) is 5.75 Å². The second kappa shape index (κ2) is 3.15. The molecule has 2 rings (SSSR count). The Kier molecular flexibility index (Phi) is 2.06. The van der Waals surface area contributed by atoms with Crippen molar-refractivity contribution < 1.29 is 22.7 Å². The zero-order valence-electron chi connectivity index (χ0n) is 7.34. The van der Waals surface area contributed by atoms with E-state index in [1.807, 2.05) is 0 Å². The Morgan fingerprint density at radius 2 is 2.13 bits per heavy atom. The number of ether oxygens (including phenoxy) is 1. The number of carbonyl (C=O) groups excluding carboxylic acids is 1. The normalized spacial score (nSPS) is 19.0. The fraction of sp³-hybridized carbons (Fsp3) is 0.222. The highest BCUT2D eigenvalue weighted by molar-refractivity contribution is 5.71. The van der Waals surface area contributed by atoms with Crippen LogP contribution in [0.5, 0.6) is 5.75 Å². The molecule has 1 heterocycles. The number of nitrogens with one attached hydrogen (secondary N) is 1. The van der Waals surface area contributed by atoms with Gasteiger partial charge in [0.1, 0.15) is 5.75 Å². The Labute approximate surface area is 82.8 Å². The summed E-state index contributed by atoms with van der Waals surface area (Å²) >= 11 is 0. The molecule has 1 aromatic carbocycles. The number of carbonyl (C=O) groups is 1. The summed E-state index contributed by atoms with van der Waals surface area (Å²) in [5.41, 5.74) is -0.592. The average molecular weight is 217 g/mol. The van der Waals surface area contributed by atoms with E-state index in [1.54, 1.807) is 0 Å². The molecule has 0 bridgehead atoms. The second-order valence-corrected chi connectivity index (χ2v) is 3.03. The van der Waals surface area contributed by atoms with Crippen LogP contribution in [0.15, 0.2) is 18.2 Å². The zero-order chi connectivity index (χ0) is 11.1. The van der Waals surface area contributed by atoms with Gasteiger partial charge in [-0.25, -0.2) is 0 Å². The van der Waals surface area contributed by atoms with E-state index >= 15 is 0 Å². The van der Waals surface area contributed by atoms with E-state index in [0.29, 0.717) is 6.29 Å². The van der Waals surface area contributed by atoms with Crippen molar-refractivity contribution in [1.82, 2.24) is 0 Å². The van der Waals surface area contributed by atoms with Crippen LogP contribution in [0.25, 0.3) is 0 Å². The van der Waals surface area contributed by atoms with Gasteiger partial charge in [-0.15, -0.1) is 0 Å². The molecule has 15 heavy (non-hydrogen) atoms. The smallest absolute Gasteiger partial charge is 0.416 e. The Hall–Kier alpha value is -1.72. The third kappa shape index (κ3) is 1.74. The largest absolute Gasteiger partial charge is 0.461 e. The van der Waals surface area contributed by atoms with Crippen LogP contribution in [0.4, 0.5) is 18.9 Å². The van der Waals surface area contributed by atoms with E-state index in [2.05, 4.69) is 5.32 Å². The molecule has 1 atom stereocenters. The van der Waals surface area contributed by atoms with Gasteiger partial charge in [0, 0.05) is 0 Å². The summed E-state index contributed by atoms with van der Waals surface area (Å²) in [4.78, 5) is 10.3. The van der Waals surface area contributed by atoms with Gasteiger partial charge in [0.15, 0.2) is 6.29 Å². The topological polar surface area (TPSA) is 38.3 Å². The monoisotopic (exact) mass is 217 g/mol. The van der Waals surface area contributed by atoms with Crippen molar-refractivity contribution in [3.05, 3.63) is 23.8 Å². The van der Waals surface area contributed by atoms with Crippen molar-refractivity contribution in [1.29, 1.82) is 0 Å². The number of fused-ring (bicyclic) bond motifs is 1. The minimum absolute atomic E-state index is 0.182. The maximum absolute atomic E-state index is 12.3. The van der Waals surface area contributed by atoms with Crippen LogP contribution in [-0.2, 0) is 11.0 Å². The summed E-state index contributed by atoms with van der Waals surface area (Å²) in [6, 6.07) is 3.02. The molecular weight excluding hydrogens is 211 g/mol. The average Bonchev–Trinajstić information content (AvgIpc) is 2.57. The van der Waals surface area contributed by atoms with E-state index in [9.17, 15) is 18.0 Å². The van der Waals surface area contributed by atoms with Crippen molar-refractivity contribution >= 4 is 12.0 Å². The molecule has 1 aliphatic heterocycles. The molecule has 0 fully saturated rings. The number of anilines is 1. The van der Waals surface area contributed by atoms with Crippen molar-refractivity contribution in [2.24, 2.45) is 0 Å². The van der Waals surface area contributed by atoms with Gasteiger partial charge in [0.05, 0.1) is 11.3 Å². The Morgan fingerprint density at radius 1 is 1.40 bits per heavy atom. The summed E-state index contributed by atoms with van der Waals surface area (Å²) in [7, 11) is 0. The third-order valence-corrected chi connectivity index (χ3v) is 1.98. The van der Waals surface area contributed by atoms with Gasteiger partial charge in [-0.1, -0.05) is 0 Å². The lowest BCUT2D eigenvalue weighted by Gasteiger charge is -2.06. The summed E-state index contributed by atoms with van der Waals surface area (Å²) in [5.74, 6) is 0.250. The number of alkyl halides is 3. The van der Waals surface area contributed by atoms with E-state index in [0.717, 1.165) is 12.1 Å². The lowest BCUT2D eigenvalue weighted by Crippen LogP contribution is -2.21. The Bertz CT molecular complexity index is 403. The molecule has 3 nitrogen and oxygen atoms in total. The molecule has 80 valence electrons. The standard InChI is InChI=1S/C9H6F3NO2/c10-9(11,12)5-1-2-7-6(3-5)13-8(4-14)15-7/h1-4,8,13H. The molecule has 0 saturated heterocycles. The third-order valence-electron chi connectivity index (χ3n) is 1.98. The van der Waals surface area contributed by atoms with Crippen LogP contribution in [0.1, 0.15) is 5.56 Å². The quantitative estimate of drug-likeness (QED) is 0.731. The molecule has 0 radical (unpaired) electrons. The number of benzene rings is 1. The van der Waals surface area contributed by atoms with Crippen LogP contribution in [-0.4, -0.2) is 12.5 Å². The number of hydrogen-bond acceptors (Lipinski definition) is 3. The Balaban J connectivity index is 2.34. The van der Waals surface area contributed by atoms with Crippen LogP contribution in [0.3, 0.4) is 0 Å². The molecule has 1 N–H and O–H groups in total. The van der Waals surface area contributed by atoms with Gasteiger partial charge < -0.3 is 10.1 Å². The van der Waals surface area contributed by atoms with Crippen LogP contribution in [0, 0.1) is 0 Å². The van der Waals surface area contributed by atoms with Crippen LogP contribution < -0.4 is 10.1 Å². The number of halogens is 3. The van der Waals surface area contributed by atoms with Crippen molar-refractivity contribution in [2.75, 3.05) is 5.32 Å². The molecule has 1 aromatic rings. The number of aldehydes is 1. The summed E-state index contributed by atoms with van der Waals surface area (Å²) in [6.07, 6.45) is -4.81. The van der Waals surface area contributed by atoms with Gasteiger partial charge in [-0.2, -0.15) is 13.2 Å². The molecule has 0 spiro atoms. The lowest BCUT2D eigenvalue weighted by atomic mass is 10.2. The zero-order valence-corrected chi connectivity index (χ0v) is 7.34. The van der Waals surface area contributed by atoms with Gasteiger partial charge in [0.25, 0.3) is 0 Å². The summed E-state index contributed by atoms with van der Waals surface area (Å²) in [5, 5.41) is 2.51. The minimum Gasteiger partial charge on any atom is -0.461 e. The van der Waals surface area contributed by atoms with Gasteiger partial charge in [-0.05, 0) is 18.2 Å². The number of rotatable bonds is 1. The first kappa shape index (κ1) is 9.82. The fourth-order valence-electron chi connectivity index (χ4n) is 1.30. The maximum Gasteiger partial charge on any atom is 0.416 e. The predicted molar refractivity (Wildman–Crippen MR) is 45.5 cm³/mol. The van der Waals surface area contributed by atoms with E-state index in [-0.39, 0.29) is 11.4 Å². The molecule has 6 heteroatoms. The lowest BCUT2D eigenvalue weighted by molar-refractivity contribution is -0.137. The molecule has 1 unspecified atom stereocenters. The second-order valence-electron chi connectivity index (χ2n) is 3.03. The van der Waals surface area contributed by atoms with Gasteiger partial charge in [0.2, 0.25) is 6.23 Å². The molecule has 0 amide bonds. The summed E-state index contributed by atoms with van der Waals surface area (Å²) < 4.78 is 41.9. The van der Waals surface area contributed by atoms with Gasteiger partial charge in [-0.3, -0.25) is 4.79 Å². The van der Waals surface area contributed by atoms with E-state index in [4.69, 9.17) is 4.74 Å². The summed E-state index contributed by atoms with van der Waals surface area (Å²) in [6.45, 7) is 0. The van der Waals surface area contributed by atoms with Crippen LogP contribution >= 0.6 is 0 Å². The SMILES string of the molecule is O=CC1Nc2cc(C(F)(F)F)ccc2O1. The molecule has 0 aliphatic carbocycles. The van der Waals surface area contributed by atoms with Crippen LogP contribution in [0.2, 0.25) is 0 Å². The Morgan fingerprint density at radius 3 is 2.73 bits per heavy atom. The highest BCUT2D eigenvalue weighted by Crippen LogP contribution is 2.37. The highest BCUT2D eigenvalue weighted by atomic mass is 19.4. The highest BCUT2D eigenvalue weighted by Gasteiger charge is 2.32. The van der Waals surface area contributed by atoms with Crippen molar-refractivity contribution in [2.45, 2.75) is 12.4 Å². The van der Waals surface area contributed by atoms with Gasteiger partial charge >= 0.3 is 6.18 Å². The first-order valence-corrected chi connectivity index (χ1v) is 4.10. The predicted octanol–water partition coefficient (Wildman–Crippen LogP) is 2.03. The van der Waals surface area contributed by atoms with Crippen molar-refractivity contribution in [3.63, 3.8) is 0 Å². The molecule has 1 aliphatic rings. The molecular formula is C9H6F3NO2. The first-order valence-electron chi connectivity index (χ1n) is 4.10. The van der Waals surface area contributed by atoms with E-state index < -0.39 is 18.0 Å². The first-order chi connectivity index (χ1) is 7.00. The molecule has 0 saturated carbocycles. The minimum atomic E-state index is -4.39. The number of hydrogen-bond donors (Lipinski definition) is 1. The van der Waals surface area contributed by atoms with E-state index in [1.165, 1.54) is 6.07 Å².